The van der Waals surface area contributed by atoms with Gasteiger partial charge in [0.2, 0.25) is 35.4 Å². The number of benzene rings is 2. The number of rotatable bonds is 17. The van der Waals surface area contributed by atoms with Gasteiger partial charge < -0.3 is 49.2 Å². The Morgan fingerprint density at radius 3 is 2.26 bits per heavy atom. The lowest BCUT2D eigenvalue weighted by atomic mass is 10.0. The number of para-hydroxylation sites is 1. The Bertz CT molecular complexity index is 1860. The first-order valence-electron chi connectivity index (χ1n) is 17.0. The Hall–Kier alpha value is -6.30. The third-order valence-corrected chi connectivity index (χ3v) is 8.59. The molecule has 13 N–H and O–H groups in total. The zero-order valence-electron chi connectivity index (χ0n) is 29.2. The number of fused-ring (bicyclic) bond motifs is 1. The fourth-order valence-corrected chi connectivity index (χ4v) is 6.07. The molecule has 0 saturated carbocycles. The van der Waals surface area contributed by atoms with Crippen molar-refractivity contribution in [3.05, 3.63) is 71.9 Å². The van der Waals surface area contributed by atoms with Crippen LogP contribution in [0.4, 0.5) is 0 Å². The molecule has 0 aliphatic carbocycles. The molecule has 0 radical (unpaired) electrons. The van der Waals surface area contributed by atoms with Crippen molar-refractivity contribution in [2.45, 2.75) is 69.2 Å². The number of nitrogens with two attached hydrogens (primary N) is 4. The third kappa shape index (κ3) is 10.8. The van der Waals surface area contributed by atoms with Crippen LogP contribution in [0.1, 0.15) is 37.3 Å². The summed E-state index contributed by atoms with van der Waals surface area (Å²) in [4.78, 5) is 99.8. The number of carbonyl (C=O) groups excluding carboxylic acids is 7. The van der Waals surface area contributed by atoms with Gasteiger partial charge in [-0.1, -0.05) is 48.5 Å². The van der Waals surface area contributed by atoms with Crippen molar-refractivity contribution in [2.75, 3.05) is 13.1 Å². The van der Waals surface area contributed by atoms with Crippen LogP contribution in [0.25, 0.3) is 10.9 Å². The van der Waals surface area contributed by atoms with Gasteiger partial charge in [0.1, 0.15) is 24.2 Å². The van der Waals surface area contributed by atoms with Crippen LogP contribution in [0.2, 0.25) is 0 Å². The highest BCUT2D eigenvalue weighted by molar-refractivity contribution is 6.08. The van der Waals surface area contributed by atoms with Gasteiger partial charge in [-0.05, 0) is 30.0 Å². The molecule has 4 rings (SSSR count). The smallest absolute Gasteiger partial charge is 0.252 e. The molecule has 2 heterocycles. The predicted octanol–water partition coefficient (Wildman–Crippen LogP) is -2.46. The molecule has 18 heteroatoms. The molecule has 1 fully saturated rings. The molecule has 1 aromatic heterocycles. The number of nitrogens with zero attached hydrogens (tertiary/aromatic N) is 2. The highest BCUT2D eigenvalue weighted by atomic mass is 16.2. The topological polar surface area (TPSA) is 303 Å². The molecule has 3 aromatic rings. The summed E-state index contributed by atoms with van der Waals surface area (Å²) in [5.74, 6) is -5.54. The van der Waals surface area contributed by atoms with Crippen molar-refractivity contribution >= 4 is 58.2 Å². The predicted molar refractivity (Wildman–Crippen MR) is 194 cm³/mol. The number of aromatic nitrogens is 1. The molecule has 53 heavy (non-hydrogen) atoms. The Morgan fingerprint density at radius 2 is 1.58 bits per heavy atom. The number of hydrogen-bond donors (Lipinski definition) is 9. The first kappa shape index (κ1) is 39.5. The van der Waals surface area contributed by atoms with E-state index in [2.05, 4.69) is 31.2 Å². The van der Waals surface area contributed by atoms with E-state index in [9.17, 15) is 33.6 Å². The maximum absolute atomic E-state index is 14.3. The van der Waals surface area contributed by atoms with Gasteiger partial charge in [0.15, 0.2) is 5.96 Å². The van der Waals surface area contributed by atoms with E-state index < -0.39 is 78.1 Å². The number of aromatic amines is 1. The van der Waals surface area contributed by atoms with Crippen LogP contribution < -0.4 is 44.2 Å². The van der Waals surface area contributed by atoms with Crippen molar-refractivity contribution in [2.24, 2.45) is 27.9 Å². The summed E-state index contributed by atoms with van der Waals surface area (Å²) in [6.07, 6.45) is 1.72. The van der Waals surface area contributed by atoms with E-state index >= 15 is 0 Å². The first-order valence-corrected chi connectivity index (χ1v) is 17.0. The molecule has 0 spiro atoms. The minimum atomic E-state index is -1.46. The zero-order chi connectivity index (χ0) is 38.7. The number of carbonyl (C=O) groups is 7. The Morgan fingerprint density at radius 1 is 0.887 bits per heavy atom. The van der Waals surface area contributed by atoms with E-state index in [1.54, 1.807) is 36.5 Å². The van der Waals surface area contributed by atoms with Gasteiger partial charge in [0, 0.05) is 49.8 Å². The number of amides is 7. The van der Waals surface area contributed by atoms with E-state index in [0.717, 1.165) is 10.9 Å². The lowest BCUT2D eigenvalue weighted by Gasteiger charge is -2.29. The average molecular weight is 732 g/mol. The van der Waals surface area contributed by atoms with Crippen molar-refractivity contribution in [3.8, 4) is 0 Å². The lowest BCUT2D eigenvalue weighted by Crippen LogP contribution is -2.59. The summed E-state index contributed by atoms with van der Waals surface area (Å²) in [5.41, 5.74) is 24.2. The molecular formula is C35H45N11O7. The number of H-pyrrole nitrogens is 1. The maximum Gasteiger partial charge on any atom is 0.252 e. The third-order valence-electron chi connectivity index (χ3n) is 8.59. The van der Waals surface area contributed by atoms with Crippen molar-refractivity contribution in [1.82, 2.24) is 31.2 Å². The van der Waals surface area contributed by atoms with Gasteiger partial charge in [-0.3, -0.25) is 43.5 Å². The van der Waals surface area contributed by atoms with Crippen LogP contribution in [0.5, 0.6) is 0 Å². The van der Waals surface area contributed by atoms with Crippen LogP contribution in [0.3, 0.4) is 0 Å². The highest BCUT2D eigenvalue weighted by Gasteiger charge is 2.48. The van der Waals surface area contributed by atoms with Gasteiger partial charge in [-0.15, -0.1) is 0 Å². The van der Waals surface area contributed by atoms with E-state index in [0.29, 0.717) is 22.4 Å². The summed E-state index contributed by atoms with van der Waals surface area (Å²) in [5, 5.41) is 11.0. The van der Waals surface area contributed by atoms with Gasteiger partial charge in [-0.2, -0.15) is 0 Å². The van der Waals surface area contributed by atoms with Crippen LogP contribution in [0, 0.1) is 0 Å². The summed E-state index contributed by atoms with van der Waals surface area (Å²) >= 11 is 0. The number of aliphatic imine (C=N–C) groups is 1. The summed E-state index contributed by atoms with van der Waals surface area (Å²) < 4.78 is 0. The Kier molecular flexibility index (Phi) is 13.6. The summed E-state index contributed by atoms with van der Waals surface area (Å²) in [7, 11) is 0. The molecule has 0 bridgehead atoms. The number of hydrogen-bond acceptors (Lipinski definition) is 9. The number of imide groups is 1. The number of primary amides is 1. The quantitative estimate of drug-likeness (QED) is 0.0401. The molecular weight excluding hydrogens is 686 g/mol. The Balaban J connectivity index is 1.61. The van der Waals surface area contributed by atoms with Crippen molar-refractivity contribution in [3.63, 3.8) is 0 Å². The van der Waals surface area contributed by atoms with Crippen LogP contribution >= 0.6 is 0 Å². The lowest BCUT2D eigenvalue weighted by molar-refractivity contribution is -0.150. The first-order chi connectivity index (χ1) is 25.2. The van der Waals surface area contributed by atoms with E-state index in [4.69, 9.17) is 22.9 Å². The normalized spacial score (nSPS) is 16.9. The molecule has 18 nitrogen and oxygen atoms in total. The molecule has 282 valence electrons. The van der Waals surface area contributed by atoms with Gasteiger partial charge in [-0.25, -0.2) is 0 Å². The SMILES string of the molecule is CC(=O)N[C@@H](CCCN=C(N)N)C(=O)N[C@@H](Cc1ccccc1)C(=O)N1C(=O)[C@H](N)C[C@H]1C(=O)N[C@@H](Cc1c[nH]c2ccccc12)C(=O)NCC(N)=O. The number of guanidine groups is 1. The second-order valence-electron chi connectivity index (χ2n) is 12.7. The zero-order valence-corrected chi connectivity index (χ0v) is 29.2. The summed E-state index contributed by atoms with van der Waals surface area (Å²) in [6, 6.07) is 9.52. The molecule has 1 aliphatic heterocycles. The van der Waals surface area contributed by atoms with Gasteiger partial charge in [0.25, 0.3) is 5.91 Å². The molecule has 1 aliphatic rings. The minimum absolute atomic E-state index is 0.0264. The molecule has 1 saturated heterocycles. The molecule has 2 aromatic carbocycles. The van der Waals surface area contributed by atoms with Crippen LogP contribution in [-0.4, -0.2) is 100 Å². The van der Waals surface area contributed by atoms with E-state index in [1.165, 1.54) is 6.92 Å². The van der Waals surface area contributed by atoms with Gasteiger partial charge >= 0.3 is 0 Å². The maximum atomic E-state index is 14.3. The average Bonchev–Trinajstić information content (AvgIpc) is 3.66. The van der Waals surface area contributed by atoms with E-state index in [1.807, 2.05) is 24.3 Å². The largest absolute Gasteiger partial charge is 0.370 e. The number of nitrogens with one attached hydrogen (secondary N) is 5. The van der Waals surface area contributed by atoms with Crippen molar-refractivity contribution < 1.29 is 33.6 Å². The van der Waals surface area contributed by atoms with E-state index in [-0.39, 0.29) is 38.2 Å². The number of likely N-dealkylation sites (tertiary alicyclic amines) is 1. The van der Waals surface area contributed by atoms with Crippen molar-refractivity contribution in [1.29, 1.82) is 0 Å². The fraction of sp³-hybridized carbons (Fsp3) is 0.371. The van der Waals surface area contributed by atoms with Crippen LogP contribution in [0.15, 0.2) is 65.8 Å². The van der Waals surface area contributed by atoms with Gasteiger partial charge in [0.05, 0.1) is 12.6 Å². The second kappa shape index (κ2) is 18.3. The minimum Gasteiger partial charge on any atom is -0.370 e. The Labute approximate surface area is 304 Å². The second-order valence-corrected chi connectivity index (χ2v) is 12.7. The summed E-state index contributed by atoms with van der Waals surface area (Å²) in [6.45, 7) is 0.915. The standard InChI is InChI=1S/C35H45N11O7/c1-19(47)43-25(12-7-13-40-35(38)39)31(50)45-27(14-20-8-3-2-4-9-20)34(53)46-28(16-23(36)33(46)52)32(51)44-26(30(49)42-18-29(37)48)15-21-17-41-24-11-6-5-10-22(21)24/h2-6,8-11,17,23,25-28,41H,7,12-16,18,36H2,1H3,(H2,37,48)(H,42,49)(H,43,47)(H,44,51)(H,45,50)(H4,38,39,40)/t23-,25+,26+,27+,28+/m1/s1. The molecule has 5 atom stereocenters. The molecule has 0 unspecified atom stereocenters. The van der Waals surface area contributed by atoms with Crippen LogP contribution in [-0.2, 0) is 46.4 Å². The highest BCUT2D eigenvalue weighted by Crippen LogP contribution is 2.23. The fourth-order valence-electron chi connectivity index (χ4n) is 6.07. The molecule has 7 amide bonds. The monoisotopic (exact) mass is 731 g/mol.